The van der Waals surface area contributed by atoms with Crippen LogP contribution in [-0.4, -0.2) is 31.0 Å². The van der Waals surface area contributed by atoms with Gasteiger partial charge in [0.2, 0.25) is 0 Å². The minimum Gasteiger partial charge on any atom is -0.399 e. The summed E-state index contributed by atoms with van der Waals surface area (Å²) in [4.78, 5) is 0. The van der Waals surface area contributed by atoms with E-state index in [1.165, 1.54) is 0 Å². The minimum atomic E-state index is -6.50. The van der Waals surface area contributed by atoms with Crippen LogP contribution in [0.1, 0.15) is 68.8 Å². The van der Waals surface area contributed by atoms with E-state index in [1.54, 1.807) is 27.7 Å². The molecule has 1 aliphatic heterocycles. The first-order valence-corrected chi connectivity index (χ1v) is 18.1. The van der Waals surface area contributed by atoms with Crippen molar-refractivity contribution in [1.82, 2.24) is 4.57 Å². The highest BCUT2D eigenvalue weighted by Gasteiger charge is 2.52. The van der Waals surface area contributed by atoms with Crippen molar-refractivity contribution in [2.24, 2.45) is 0 Å². The van der Waals surface area contributed by atoms with E-state index in [0.29, 0.717) is 4.57 Å². The second-order valence-corrected chi connectivity index (χ2v) is 16.4. The Kier molecular flexibility index (Phi) is 3.42. The van der Waals surface area contributed by atoms with E-state index in [-0.39, 0.29) is 0 Å². The number of hydrogen-bond acceptors (Lipinski definition) is 2. The molecule has 9 rings (SSSR count). The summed E-state index contributed by atoms with van der Waals surface area (Å²) in [6.07, 6.45) is 0. The zero-order valence-corrected chi connectivity index (χ0v) is 29.3. The Balaban J connectivity index is 1.62. The monoisotopic (exact) mass is 733 g/mol. The molecule has 1 saturated heterocycles. The fourth-order valence-electron chi connectivity index (χ4n) is 6.22. The molecule has 0 atom stereocenters. The lowest BCUT2D eigenvalue weighted by molar-refractivity contribution is 0.00578. The maximum Gasteiger partial charge on any atom is 0.495 e. The van der Waals surface area contributed by atoms with Crippen LogP contribution in [-0.2, 0) is 9.31 Å². The van der Waals surface area contributed by atoms with Crippen molar-refractivity contribution >= 4 is 63.2 Å². The van der Waals surface area contributed by atoms with E-state index in [1.807, 2.05) is 0 Å². The van der Waals surface area contributed by atoms with Gasteiger partial charge in [-0.15, -0.1) is 0 Å². The molecule has 0 unspecified atom stereocenters. The third-order valence-electron chi connectivity index (χ3n) is 9.45. The number of para-hydroxylation sites is 1. The third-order valence-corrected chi connectivity index (χ3v) is 13.4. The lowest BCUT2D eigenvalue weighted by atomic mass is 9.74. The van der Waals surface area contributed by atoms with E-state index in [4.69, 9.17) is 28.5 Å². The van der Waals surface area contributed by atoms with Gasteiger partial charge in [-0.2, -0.15) is 0 Å². The van der Waals surface area contributed by atoms with Gasteiger partial charge in [0.1, 0.15) is 0 Å². The standard InChI is InChI=1S/C48H42BNO2Si/c1-47(2)48(3,4)52-49(51-47)44-29-16-14-27-41(44)35-31-32-46-43(33-35)42-28-15-17-30-45(42)50(46)36-19-18-26-40(34-36)53(37-20-8-5-9-21-37,38-22-10-6-11-23-38)39-24-12-7-13-25-39/h5-34H,1-4H3/i5D,6D,7D,8D,9D,10D,11D,12D,13D,14D,15D,16D,17D,18D,19D,20D,21D,22D,23D,24D,25D,26D,27D,28D,29D,30D,31D,32D,33D,34D. The largest absolute Gasteiger partial charge is 0.495 e. The first kappa shape index (κ1) is 14.1. The summed E-state index contributed by atoms with van der Waals surface area (Å²) in [6, 6.07) is -34.5. The van der Waals surface area contributed by atoms with Gasteiger partial charge in [-0.05, 0) is 95.2 Å². The summed E-state index contributed by atoms with van der Waals surface area (Å²) in [5.74, 6) is 0. The normalized spacial score (nSPS) is 23.2. The van der Waals surface area contributed by atoms with Crippen molar-refractivity contribution < 1.29 is 50.4 Å². The van der Waals surface area contributed by atoms with E-state index in [0.717, 1.165) is 0 Å². The zero-order chi connectivity index (χ0) is 62.3. The Hall–Kier alpha value is -5.46. The smallest absolute Gasteiger partial charge is 0.399 e. The summed E-state index contributed by atoms with van der Waals surface area (Å²) in [7, 11) is -8.14. The molecule has 0 N–H and O–H groups in total. The van der Waals surface area contributed by atoms with Gasteiger partial charge in [0, 0.05) is 16.5 Å². The molecule has 0 radical (unpaired) electrons. The van der Waals surface area contributed by atoms with Crippen molar-refractivity contribution in [3.05, 3.63) is 181 Å². The average molecular weight is 734 g/mol. The first-order chi connectivity index (χ1) is 38.2. The second-order valence-electron chi connectivity index (χ2n) is 12.9. The zero-order valence-electron chi connectivity index (χ0n) is 58.3. The summed E-state index contributed by atoms with van der Waals surface area (Å²) in [5, 5.41) is -6.25. The van der Waals surface area contributed by atoms with E-state index < -0.39 is 272 Å². The average Bonchev–Trinajstić information content (AvgIpc) is 1.68. The van der Waals surface area contributed by atoms with Crippen LogP contribution in [0, 0.1) is 0 Å². The highest BCUT2D eigenvalue weighted by atomic mass is 28.3. The van der Waals surface area contributed by atoms with Crippen LogP contribution >= 0.6 is 0 Å². The van der Waals surface area contributed by atoms with Crippen molar-refractivity contribution in [3.63, 3.8) is 0 Å². The van der Waals surface area contributed by atoms with Crippen LogP contribution in [0.2, 0.25) is 0 Å². The van der Waals surface area contributed by atoms with Crippen LogP contribution in [0.5, 0.6) is 0 Å². The molecule has 53 heavy (non-hydrogen) atoms. The Morgan fingerprint density at radius 3 is 1.62 bits per heavy atom. The molecule has 0 aliphatic carbocycles. The van der Waals surface area contributed by atoms with Gasteiger partial charge >= 0.3 is 7.12 Å². The molecule has 2 heterocycles. The van der Waals surface area contributed by atoms with Crippen LogP contribution in [0.4, 0.5) is 0 Å². The first-order valence-electron chi connectivity index (χ1n) is 31.1. The van der Waals surface area contributed by atoms with Gasteiger partial charge in [0.15, 0.2) is 8.07 Å². The highest BCUT2D eigenvalue weighted by Crippen LogP contribution is 2.38. The van der Waals surface area contributed by atoms with E-state index >= 15 is 0 Å². The highest BCUT2D eigenvalue weighted by molar-refractivity contribution is 7.19. The van der Waals surface area contributed by atoms with Gasteiger partial charge in [-0.3, -0.25) is 0 Å². The van der Waals surface area contributed by atoms with Gasteiger partial charge in [0.05, 0.1) is 63.4 Å². The molecule has 8 aromatic rings. The fraction of sp³-hybridized carbons (Fsp3) is 0.125. The molecule has 1 aliphatic rings. The number of rotatable bonds is 7. The number of hydrogen-bond donors (Lipinski definition) is 0. The van der Waals surface area contributed by atoms with Crippen LogP contribution < -0.4 is 26.2 Å². The van der Waals surface area contributed by atoms with Gasteiger partial charge < -0.3 is 13.9 Å². The molecule has 1 fully saturated rings. The van der Waals surface area contributed by atoms with Crippen LogP contribution in [0.25, 0.3) is 38.6 Å². The number of fused-ring (bicyclic) bond motifs is 3. The van der Waals surface area contributed by atoms with Crippen LogP contribution in [0.3, 0.4) is 0 Å². The third kappa shape index (κ3) is 5.42. The number of nitrogens with zero attached hydrogens (tertiary/aromatic N) is 1. The topological polar surface area (TPSA) is 23.4 Å². The lowest BCUT2D eigenvalue weighted by Gasteiger charge is -2.34. The predicted molar refractivity (Wildman–Crippen MR) is 226 cm³/mol. The van der Waals surface area contributed by atoms with Gasteiger partial charge in [0.25, 0.3) is 0 Å². The van der Waals surface area contributed by atoms with Crippen molar-refractivity contribution in [2.45, 2.75) is 38.9 Å². The number of aromatic nitrogens is 1. The molecule has 0 bridgehead atoms. The fourth-order valence-corrected chi connectivity index (χ4v) is 9.77. The maximum absolute atomic E-state index is 10.5. The van der Waals surface area contributed by atoms with Crippen molar-refractivity contribution in [2.75, 3.05) is 0 Å². The summed E-state index contributed by atoms with van der Waals surface area (Å²) in [5.41, 5.74) is -7.00. The predicted octanol–water partition coefficient (Wildman–Crippen LogP) is 8.13. The minimum absolute atomic E-state index is 0.452. The Morgan fingerprint density at radius 1 is 0.491 bits per heavy atom. The molecular weight excluding hydrogens is 661 g/mol. The van der Waals surface area contributed by atoms with E-state index in [2.05, 4.69) is 0 Å². The molecule has 0 amide bonds. The van der Waals surface area contributed by atoms with Gasteiger partial charge in [-0.1, -0.05) is 151 Å². The summed E-state index contributed by atoms with van der Waals surface area (Å²) < 4.78 is 291. The van der Waals surface area contributed by atoms with Crippen molar-refractivity contribution in [1.29, 1.82) is 0 Å². The molecule has 0 spiro atoms. The van der Waals surface area contributed by atoms with Gasteiger partial charge in [-0.25, -0.2) is 0 Å². The molecule has 7 aromatic carbocycles. The molecular formula is C48H42BNO2Si. The second kappa shape index (κ2) is 12.9. The quantitative estimate of drug-likeness (QED) is 0.122. The van der Waals surface area contributed by atoms with Crippen molar-refractivity contribution in [3.8, 4) is 16.8 Å². The molecule has 0 saturated carbocycles. The molecule has 5 heteroatoms. The van der Waals surface area contributed by atoms with E-state index in [9.17, 15) is 21.9 Å². The Bertz CT molecular complexity index is 4040. The molecule has 1 aromatic heterocycles. The maximum atomic E-state index is 10.5. The Morgan fingerprint density at radius 2 is 1.00 bits per heavy atom. The Labute approximate surface area is 355 Å². The van der Waals surface area contributed by atoms with Crippen LogP contribution in [0.15, 0.2) is 181 Å². The molecule has 3 nitrogen and oxygen atoms in total. The molecule has 258 valence electrons. The lowest BCUT2D eigenvalue weighted by Crippen LogP contribution is -2.74. The number of benzene rings is 7. The summed E-state index contributed by atoms with van der Waals surface area (Å²) >= 11 is 0. The summed E-state index contributed by atoms with van der Waals surface area (Å²) in [6.45, 7) is 6.53. The SMILES string of the molecule is [2H]c1c([2H])c([2H])c([Si](c2c([2H])c([2H])c([2H])c([2H])c2[2H])(c2c([2H])c([2H])c([2H])c([2H])c2[2H])c2c([2H])c([2H])c([2H])c(-n3c4c([2H])c([2H])c([2H])c([2H])c4c4c([2H])c(-c5c([2H])c([2H])c([2H])c([2H])c5B5OC(C)(C)C(C)(C)O5)c([2H])c([2H])c43)c2[2H])c([2H])c1[2H].